The standard InChI is InChI=1S/C17H19BrN2O3S/c1-12-11-14(9-10-15(12)18)19-17(21)16(20(2)24(3,22)23)13-7-5-4-6-8-13/h4-11,16H,1-3H3,(H,19,21). The second-order valence-electron chi connectivity index (χ2n) is 5.55. The molecule has 0 heterocycles. The number of amides is 1. The number of rotatable bonds is 5. The Morgan fingerprint density at radius 2 is 1.79 bits per heavy atom. The zero-order valence-electron chi connectivity index (χ0n) is 13.7. The van der Waals surface area contributed by atoms with Gasteiger partial charge in [0.1, 0.15) is 6.04 Å². The number of carbonyl (C=O) groups is 1. The van der Waals surface area contributed by atoms with Crippen molar-refractivity contribution in [2.24, 2.45) is 0 Å². The van der Waals surface area contributed by atoms with Crippen LogP contribution >= 0.6 is 15.9 Å². The van der Waals surface area contributed by atoms with Gasteiger partial charge in [-0.3, -0.25) is 4.79 Å². The second kappa shape index (κ2) is 7.46. The fraction of sp³-hybridized carbons (Fsp3) is 0.235. The van der Waals surface area contributed by atoms with E-state index in [-0.39, 0.29) is 0 Å². The number of hydrogen-bond acceptors (Lipinski definition) is 3. The number of halogens is 1. The highest BCUT2D eigenvalue weighted by Crippen LogP contribution is 2.25. The summed E-state index contributed by atoms with van der Waals surface area (Å²) >= 11 is 3.41. The zero-order chi connectivity index (χ0) is 17.9. The monoisotopic (exact) mass is 410 g/mol. The SMILES string of the molecule is Cc1cc(NC(=O)C(c2ccccc2)N(C)S(C)(=O)=O)ccc1Br. The Bertz CT molecular complexity index is 838. The summed E-state index contributed by atoms with van der Waals surface area (Å²) in [4.78, 5) is 12.8. The molecule has 1 amide bonds. The predicted octanol–water partition coefficient (Wildman–Crippen LogP) is 3.33. The van der Waals surface area contributed by atoms with Crippen LogP contribution in [0.15, 0.2) is 53.0 Å². The number of hydrogen-bond donors (Lipinski definition) is 1. The lowest BCUT2D eigenvalue weighted by molar-refractivity contribution is -0.119. The third kappa shape index (κ3) is 4.43. The Hall–Kier alpha value is -1.70. The number of carbonyl (C=O) groups excluding carboxylic acids is 1. The van der Waals surface area contributed by atoms with Crippen molar-refractivity contribution in [3.8, 4) is 0 Å². The van der Waals surface area contributed by atoms with Gasteiger partial charge in [-0.25, -0.2) is 8.42 Å². The summed E-state index contributed by atoms with van der Waals surface area (Å²) in [6.45, 7) is 1.91. The minimum absolute atomic E-state index is 0.407. The summed E-state index contributed by atoms with van der Waals surface area (Å²) in [5.74, 6) is -0.407. The van der Waals surface area contributed by atoms with Crippen molar-refractivity contribution >= 4 is 37.5 Å². The van der Waals surface area contributed by atoms with Crippen LogP contribution in [-0.4, -0.2) is 31.9 Å². The first-order chi connectivity index (χ1) is 11.2. The summed E-state index contributed by atoms with van der Waals surface area (Å²) in [7, 11) is -2.14. The van der Waals surface area contributed by atoms with Gasteiger partial charge in [0, 0.05) is 17.2 Å². The lowest BCUT2D eigenvalue weighted by atomic mass is 10.1. The first kappa shape index (κ1) is 18.6. The van der Waals surface area contributed by atoms with Gasteiger partial charge in [-0.2, -0.15) is 4.31 Å². The molecule has 7 heteroatoms. The van der Waals surface area contributed by atoms with E-state index in [1.54, 1.807) is 30.3 Å². The Morgan fingerprint density at radius 1 is 1.17 bits per heavy atom. The molecule has 1 unspecified atom stereocenters. The molecule has 0 aliphatic rings. The van der Waals surface area contributed by atoms with E-state index in [2.05, 4.69) is 21.2 Å². The maximum absolute atomic E-state index is 12.8. The second-order valence-corrected chi connectivity index (χ2v) is 8.44. The fourth-order valence-electron chi connectivity index (χ4n) is 2.29. The van der Waals surface area contributed by atoms with Crippen LogP contribution in [0.1, 0.15) is 17.2 Å². The Morgan fingerprint density at radius 3 is 2.33 bits per heavy atom. The summed E-state index contributed by atoms with van der Waals surface area (Å²) < 4.78 is 25.9. The molecule has 0 fully saturated rings. The molecule has 0 aliphatic carbocycles. The van der Waals surface area contributed by atoms with E-state index in [1.807, 2.05) is 25.1 Å². The summed E-state index contributed by atoms with van der Waals surface area (Å²) in [5.41, 5.74) is 2.20. The number of sulfonamides is 1. The van der Waals surface area contributed by atoms with Crippen LogP contribution in [0.5, 0.6) is 0 Å². The van der Waals surface area contributed by atoms with Crippen molar-refractivity contribution in [1.82, 2.24) is 4.31 Å². The highest BCUT2D eigenvalue weighted by molar-refractivity contribution is 9.10. The number of aryl methyl sites for hydroxylation is 1. The van der Waals surface area contributed by atoms with E-state index in [0.29, 0.717) is 11.3 Å². The van der Waals surface area contributed by atoms with Crippen LogP contribution in [0.25, 0.3) is 0 Å². The molecule has 0 spiro atoms. The topological polar surface area (TPSA) is 66.5 Å². The smallest absolute Gasteiger partial charge is 0.247 e. The molecule has 2 rings (SSSR count). The molecule has 0 aliphatic heterocycles. The number of anilines is 1. The summed E-state index contributed by atoms with van der Waals surface area (Å²) in [6, 6.07) is 13.3. The predicted molar refractivity (Wildman–Crippen MR) is 99.3 cm³/mol. The molecular formula is C17H19BrN2O3S. The van der Waals surface area contributed by atoms with Gasteiger partial charge in [0.25, 0.3) is 0 Å². The number of nitrogens with zero attached hydrogens (tertiary/aromatic N) is 1. The van der Waals surface area contributed by atoms with Crippen molar-refractivity contribution < 1.29 is 13.2 Å². The van der Waals surface area contributed by atoms with Crippen LogP contribution in [0.2, 0.25) is 0 Å². The van der Waals surface area contributed by atoms with Crippen LogP contribution in [-0.2, 0) is 14.8 Å². The molecule has 2 aromatic carbocycles. The van der Waals surface area contributed by atoms with Gasteiger partial charge in [-0.05, 0) is 36.2 Å². The van der Waals surface area contributed by atoms with Crippen LogP contribution in [0.3, 0.4) is 0 Å². The van der Waals surface area contributed by atoms with E-state index in [4.69, 9.17) is 0 Å². The van der Waals surface area contributed by atoms with Crippen molar-refractivity contribution in [3.63, 3.8) is 0 Å². The van der Waals surface area contributed by atoms with E-state index < -0.39 is 22.0 Å². The molecule has 0 saturated heterocycles. The van der Waals surface area contributed by atoms with Crippen LogP contribution < -0.4 is 5.32 Å². The first-order valence-electron chi connectivity index (χ1n) is 7.25. The van der Waals surface area contributed by atoms with Crippen molar-refractivity contribution in [2.45, 2.75) is 13.0 Å². The molecule has 2 aromatic rings. The quantitative estimate of drug-likeness (QED) is 0.821. The lowest BCUT2D eigenvalue weighted by Crippen LogP contribution is -2.38. The maximum atomic E-state index is 12.8. The molecule has 1 N–H and O–H groups in total. The van der Waals surface area contributed by atoms with Gasteiger partial charge in [-0.1, -0.05) is 46.3 Å². The van der Waals surface area contributed by atoms with Crippen molar-refractivity contribution in [3.05, 3.63) is 64.1 Å². The number of benzene rings is 2. The van der Waals surface area contributed by atoms with E-state index in [1.165, 1.54) is 7.05 Å². The average molecular weight is 411 g/mol. The third-order valence-electron chi connectivity index (χ3n) is 3.68. The third-order valence-corrected chi connectivity index (χ3v) is 5.82. The molecule has 0 aromatic heterocycles. The normalized spacial score (nSPS) is 12.9. The van der Waals surface area contributed by atoms with Gasteiger partial charge >= 0.3 is 0 Å². The van der Waals surface area contributed by atoms with Gasteiger partial charge in [0.2, 0.25) is 15.9 Å². The summed E-state index contributed by atoms with van der Waals surface area (Å²) in [6.07, 6.45) is 1.08. The highest BCUT2D eigenvalue weighted by Gasteiger charge is 2.30. The maximum Gasteiger partial charge on any atom is 0.247 e. The van der Waals surface area contributed by atoms with E-state index >= 15 is 0 Å². The zero-order valence-corrected chi connectivity index (χ0v) is 16.1. The molecule has 24 heavy (non-hydrogen) atoms. The van der Waals surface area contributed by atoms with Crippen LogP contribution in [0.4, 0.5) is 5.69 Å². The van der Waals surface area contributed by atoms with E-state index in [0.717, 1.165) is 20.6 Å². The fourth-order valence-corrected chi connectivity index (χ4v) is 3.13. The van der Waals surface area contributed by atoms with Gasteiger partial charge in [0.15, 0.2) is 0 Å². The average Bonchev–Trinajstić information content (AvgIpc) is 2.51. The Balaban J connectivity index is 2.36. The first-order valence-corrected chi connectivity index (χ1v) is 9.89. The number of likely N-dealkylation sites (N-methyl/N-ethyl adjacent to an activating group) is 1. The summed E-state index contributed by atoms with van der Waals surface area (Å²) in [5, 5.41) is 2.80. The molecule has 128 valence electrons. The minimum atomic E-state index is -3.54. The van der Waals surface area contributed by atoms with Crippen molar-refractivity contribution in [1.29, 1.82) is 0 Å². The molecule has 0 bridgehead atoms. The van der Waals surface area contributed by atoms with Crippen molar-refractivity contribution in [2.75, 3.05) is 18.6 Å². The number of nitrogens with one attached hydrogen (secondary N) is 1. The van der Waals surface area contributed by atoms with Gasteiger partial charge in [-0.15, -0.1) is 0 Å². The molecule has 5 nitrogen and oxygen atoms in total. The molecular weight excluding hydrogens is 392 g/mol. The van der Waals surface area contributed by atoms with Gasteiger partial charge < -0.3 is 5.32 Å². The Kier molecular flexibility index (Phi) is 5.79. The molecule has 0 saturated carbocycles. The van der Waals surface area contributed by atoms with Gasteiger partial charge in [0.05, 0.1) is 6.26 Å². The molecule has 0 radical (unpaired) electrons. The highest BCUT2D eigenvalue weighted by atomic mass is 79.9. The molecule has 1 atom stereocenters. The Labute approximate surface area is 150 Å². The van der Waals surface area contributed by atoms with E-state index in [9.17, 15) is 13.2 Å². The lowest BCUT2D eigenvalue weighted by Gasteiger charge is -2.25. The largest absolute Gasteiger partial charge is 0.324 e. The minimum Gasteiger partial charge on any atom is -0.324 e. The van der Waals surface area contributed by atoms with Crippen LogP contribution in [0, 0.1) is 6.92 Å².